The molecule has 5 heteroatoms. The maximum atomic E-state index is 5.87. The quantitative estimate of drug-likeness (QED) is 0.887. The van der Waals surface area contributed by atoms with Crippen molar-refractivity contribution in [2.75, 3.05) is 6.54 Å². The SMILES string of the molecule is CCNC(C)C(C)c1nc(Cc2ccc(Cl)cc2)no1. The lowest BCUT2D eigenvalue weighted by molar-refractivity contribution is 0.330. The highest BCUT2D eigenvalue weighted by molar-refractivity contribution is 6.30. The van der Waals surface area contributed by atoms with Gasteiger partial charge in [0, 0.05) is 17.5 Å². The van der Waals surface area contributed by atoms with Crippen molar-refractivity contribution in [3.63, 3.8) is 0 Å². The maximum absolute atomic E-state index is 5.87. The van der Waals surface area contributed by atoms with Crippen LogP contribution in [0.2, 0.25) is 5.02 Å². The first kappa shape index (κ1) is 15.0. The zero-order valence-electron chi connectivity index (χ0n) is 12.1. The number of nitrogens with one attached hydrogen (secondary N) is 1. The van der Waals surface area contributed by atoms with E-state index in [1.807, 2.05) is 24.3 Å². The van der Waals surface area contributed by atoms with Gasteiger partial charge in [0.1, 0.15) is 0 Å². The van der Waals surface area contributed by atoms with Crippen molar-refractivity contribution < 1.29 is 4.52 Å². The van der Waals surface area contributed by atoms with E-state index in [-0.39, 0.29) is 5.92 Å². The van der Waals surface area contributed by atoms with E-state index in [4.69, 9.17) is 16.1 Å². The van der Waals surface area contributed by atoms with E-state index in [0.717, 1.165) is 17.1 Å². The van der Waals surface area contributed by atoms with Gasteiger partial charge in [-0.25, -0.2) is 0 Å². The molecule has 2 aromatic rings. The van der Waals surface area contributed by atoms with Crippen LogP contribution in [-0.2, 0) is 6.42 Å². The average Bonchev–Trinajstić information content (AvgIpc) is 2.89. The number of hydrogen-bond acceptors (Lipinski definition) is 4. The summed E-state index contributed by atoms with van der Waals surface area (Å²) in [5.41, 5.74) is 1.12. The van der Waals surface area contributed by atoms with Crippen molar-refractivity contribution in [1.82, 2.24) is 15.5 Å². The second-order valence-electron chi connectivity index (χ2n) is 4.99. The predicted octanol–water partition coefficient (Wildman–Crippen LogP) is 3.42. The maximum Gasteiger partial charge on any atom is 0.231 e. The van der Waals surface area contributed by atoms with Crippen molar-refractivity contribution in [2.24, 2.45) is 0 Å². The number of hydrogen-bond donors (Lipinski definition) is 1. The van der Waals surface area contributed by atoms with Gasteiger partial charge in [-0.2, -0.15) is 4.98 Å². The summed E-state index contributed by atoms with van der Waals surface area (Å²) in [7, 11) is 0. The molecule has 0 aliphatic carbocycles. The Morgan fingerprint density at radius 1 is 1.25 bits per heavy atom. The summed E-state index contributed by atoms with van der Waals surface area (Å²) < 4.78 is 5.36. The van der Waals surface area contributed by atoms with Crippen LogP contribution in [0.1, 0.15) is 44.0 Å². The Kier molecular flexibility index (Phi) is 5.15. The summed E-state index contributed by atoms with van der Waals surface area (Å²) in [6, 6.07) is 8.00. The van der Waals surface area contributed by atoms with E-state index in [0.29, 0.717) is 24.2 Å². The Morgan fingerprint density at radius 2 is 1.95 bits per heavy atom. The van der Waals surface area contributed by atoms with Gasteiger partial charge < -0.3 is 9.84 Å². The Balaban J connectivity index is 2.03. The van der Waals surface area contributed by atoms with Crippen LogP contribution in [0.3, 0.4) is 0 Å². The number of benzene rings is 1. The minimum Gasteiger partial charge on any atom is -0.339 e. The Labute approximate surface area is 124 Å². The summed E-state index contributed by atoms with van der Waals surface area (Å²) >= 11 is 5.87. The van der Waals surface area contributed by atoms with Crippen molar-refractivity contribution in [3.05, 3.63) is 46.6 Å². The fourth-order valence-electron chi connectivity index (χ4n) is 2.02. The monoisotopic (exact) mass is 293 g/mol. The molecule has 108 valence electrons. The van der Waals surface area contributed by atoms with E-state index in [1.165, 1.54) is 0 Å². The highest BCUT2D eigenvalue weighted by atomic mass is 35.5. The van der Waals surface area contributed by atoms with E-state index < -0.39 is 0 Å². The van der Waals surface area contributed by atoms with Crippen LogP contribution in [0, 0.1) is 0 Å². The summed E-state index contributed by atoms with van der Waals surface area (Å²) in [6.45, 7) is 7.23. The van der Waals surface area contributed by atoms with Crippen molar-refractivity contribution >= 4 is 11.6 Å². The molecule has 2 unspecified atom stereocenters. The van der Waals surface area contributed by atoms with E-state index >= 15 is 0 Å². The van der Waals surface area contributed by atoms with Gasteiger partial charge in [0.2, 0.25) is 5.89 Å². The second kappa shape index (κ2) is 6.86. The predicted molar refractivity (Wildman–Crippen MR) is 80.1 cm³/mol. The molecule has 2 atom stereocenters. The van der Waals surface area contributed by atoms with Gasteiger partial charge in [0.25, 0.3) is 0 Å². The largest absolute Gasteiger partial charge is 0.339 e. The van der Waals surface area contributed by atoms with Gasteiger partial charge in [0.05, 0.1) is 5.92 Å². The fraction of sp³-hybridized carbons (Fsp3) is 0.467. The summed E-state index contributed by atoms with van der Waals surface area (Å²) in [6.07, 6.45) is 0.656. The molecule has 2 rings (SSSR count). The molecular formula is C15H20ClN3O. The molecule has 0 saturated heterocycles. The summed E-state index contributed by atoms with van der Waals surface area (Å²) in [5.74, 6) is 1.58. The average molecular weight is 294 g/mol. The Morgan fingerprint density at radius 3 is 2.60 bits per heavy atom. The van der Waals surface area contributed by atoms with Crippen LogP contribution in [0.4, 0.5) is 0 Å². The van der Waals surface area contributed by atoms with Gasteiger partial charge in [-0.05, 0) is 31.2 Å². The second-order valence-corrected chi connectivity index (χ2v) is 5.42. The third-order valence-corrected chi connectivity index (χ3v) is 3.68. The molecular weight excluding hydrogens is 274 g/mol. The first-order valence-corrected chi connectivity index (χ1v) is 7.28. The van der Waals surface area contributed by atoms with Crippen molar-refractivity contribution in [2.45, 2.75) is 39.2 Å². The van der Waals surface area contributed by atoms with Crippen LogP contribution in [0.25, 0.3) is 0 Å². The molecule has 0 aliphatic heterocycles. The Bertz CT molecular complexity index is 538. The minimum atomic E-state index is 0.196. The van der Waals surface area contributed by atoms with Crippen LogP contribution in [-0.4, -0.2) is 22.7 Å². The highest BCUT2D eigenvalue weighted by Gasteiger charge is 2.19. The fourth-order valence-corrected chi connectivity index (χ4v) is 2.15. The minimum absolute atomic E-state index is 0.196. The van der Waals surface area contributed by atoms with Crippen LogP contribution < -0.4 is 5.32 Å². The molecule has 1 aromatic heterocycles. The molecule has 1 N–H and O–H groups in total. The van der Waals surface area contributed by atoms with Gasteiger partial charge >= 0.3 is 0 Å². The summed E-state index contributed by atoms with van der Waals surface area (Å²) in [5, 5.41) is 8.15. The molecule has 0 aliphatic rings. The smallest absolute Gasteiger partial charge is 0.231 e. The molecule has 20 heavy (non-hydrogen) atoms. The number of nitrogens with zero attached hydrogens (tertiary/aromatic N) is 2. The van der Waals surface area contributed by atoms with Gasteiger partial charge in [-0.15, -0.1) is 0 Å². The molecule has 0 amide bonds. The third-order valence-electron chi connectivity index (χ3n) is 3.42. The van der Waals surface area contributed by atoms with Crippen LogP contribution >= 0.6 is 11.6 Å². The molecule has 0 spiro atoms. The van der Waals surface area contributed by atoms with E-state index in [1.54, 1.807) is 0 Å². The highest BCUT2D eigenvalue weighted by Crippen LogP contribution is 2.18. The van der Waals surface area contributed by atoms with Gasteiger partial charge in [0.15, 0.2) is 5.82 Å². The van der Waals surface area contributed by atoms with Gasteiger partial charge in [-0.1, -0.05) is 42.7 Å². The van der Waals surface area contributed by atoms with Gasteiger partial charge in [-0.3, -0.25) is 0 Å². The number of rotatable bonds is 6. The van der Waals surface area contributed by atoms with Crippen molar-refractivity contribution in [3.8, 4) is 0 Å². The molecule has 4 nitrogen and oxygen atoms in total. The number of likely N-dealkylation sites (N-methyl/N-ethyl adjacent to an activating group) is 1. The molecule has 0 saturated carbocycles. The van der Waals surface area contributed by atoms with Crippen LogP contribution in [0.15, 0.2) is 28.8 Å². The lowest BCUT2D eigenvalue weighted by atomic mass is 10.0. The molecule has 1 aromatic carbocycles. The normalized spacial score (nSPS) is 14.2. The lowest BCUT2D eigenvalue weighted by Crippen LogP contribution is -2.30. The zero-order chi connectivity index (χ0) is 14.5. The molecule has 0 bridgehead atoms. The topological polar surface area (TPSA) is 51.0 Å². The van der Waals surface area contributed by atoms with Crippen molar-refractivity contribution in [1.29, 1.82) is 0 Å². The number of halogens is 1. The molecule has 0 fully saturated rings. The number of aromatic nitrogens is 2. The first-order valence-electron chi connectivity index (χ1n) is 6.90. The molecule has 0 radical (unpaired) electrons. The molecule has 1 heterocycles. The first-order chi connectivity index (χ1) is 9.60. The van der Waals surface area contributed by atoms with E-state index in [9.17, 15) is 0 Å². The lowest BCUT2D eigenvalue weighted by Gasteiger charge is -2.16. The summed E-state index contributed by atoms with van der Waals surface area (Å²) in [4.78, 5) is 4.48. The Hall–Kier alpha value is -1.39. The third kappa shape index (κ3) is 3.81. The zero-order valence-corrected chi connectivity index (χ0v) is 12.8. The standard InChI is InChI=1S/C15H20ClN3O/c1-4-17-11(3)10(2)15-18-14(19-20-15)9-12-5-7-13(16)8-6-12/h5-8,10-11,17H,4,9H2,1-3H3. The van der Waals surface area contributed by atoms with Crippen LogP contribution in [0.5, 0.6) is 0 Å². The van der Waals surface area contributed by atoms with E-state index in [2.05, 4.69) is 36.2 Å².